The summed E-state index contributed by atoms with van der Waals surface area (Å²) < 4.78 is 31.4. The van der Waals surface area contributed by atoms with Gasteiger partial charge < -0.3 is 10.1 Å². The van der Waals surface area contributed by atoms with E-state index in [-0.39, 0.29) is 11.9 Å². The van der Waals surface area contributed by atoms with E-state index < -0.39 is 21.5 Å². The largest absolute Gasteiger partial charge is 0.379 e. The number of aryl methyl sites for hydroxylation is 1. The van der Waals surface area contributed by atoms with Gasteiger partial charge in [-0.2, -0.15) is 5.10 Å². The quantitative estimate of drug-likeness (QED) is 0.605. The molecule has 0 saturated carbocycles. The second-order valence-corrected chi connectivity index (χ2v) is 9.12. The molecule has 0 aliphatic carbocycles. The third-order valence-electron chi connectivity index (χ3n) is 3.32. The first-order valence-corrected chi connectivity index (χ1v) is 11.0. The van der Waals surface area contributed by atoms with Crippen molar-refractivity contribution in [3.8, 4) is 10.6 Å². The van der Waals surface area contributed by atoms with Crippen molar-refractivity contribution in [1.82, 2.24) is 20.1 Å². The zero-order valence-electron chi connectivity index (χ0n) is 15.1. The summed E-state index contributed by atoms with van der Waals surface area (Å²) in [5, 5.41) is 9.08. The molecular weight excluding hydrogens is 376 g/mol. The van der Waals surface area contributed by atoms with Crippen molar-refractivity contribution in [2.45, 2.75) is 32.1 Å². The zero-order valence-corrected chi connectivity index (χ0v) is 16.8. The number of ether oxygens (including phenoxy) is 1. The van der Waals surface area contributed by atoms with Gasteiger partial charge in [-0.05, 0) is 20.3 Å². The Kier molecular flexibility index (Phi) is 7.30. The van der Waals surface area contributed by atoms with E-state index in [1.807, 2.05) is 20.0 Å². The minimum Gasteiger partial charge on any atom is -0.379 e. The lowest BCUT2D eigenvalue weighted by molar-refractivity contribution is -0.118. The number of hydrogen-bond acceptors (Lipinski definition) is 7. The van der Waals surface area contributed by atoms with Crippen LogP contribution in [0.5, 0.6) is 0 Å². The summed E-state index contributed by atoms with van der Waals surface area (Å²) in [7, 11) is -1.77. The Morgan fingerprint density at radius 1 is 1.42 bits per heavy atom. The van der Waals surface area contributed by atoms with Gasteiger partial charge in [0.15, 0.2) is 9.84 Å². The van der Waals surface area contributed by atoms with Gasteiger partial charge >= 0.3 is 0 Å². The molecule has 144 valence electrons. The highest BCUT2D eigenvalue weighted by Gasteiger charge is 2.19. The molecule has 0 bridgehead atoms. The molecule has 0 saturated heterocycles. The van der Waals surface area contributed by atoms with Crippen molar-refractivity contribution < 1.29 is 17.9 Å². The smallest absolute Gasteiger partial charge is 0.235 e. The third kappa shape index (κ3) is 6.85. The molecule has 1 amide bonds. The fraction of sp³-hybridized carbons (Fsp3) is 0.562. The van der Waals surface area contributed by atoms with Crippen LogP contribution in [0.4, 0.5) is 0 Å². The maximum Gasteiger partial charge on any atom is 0.235 e. The van der Waals surface area contributed by atoms with Crippen molar-refractivity contribution in [2.24, 2.45) is 7.05 Å². The second-order valence-electron chi connectivity index (χ2n) is 6.20. The molecule has 1 N–H and O–H groups in total. The maximum absolute atomic E-state index is 12.2. The van der Waals surface area contributed by atoms with Crippen LogP contribution in [-0.2, 0) is 32.2 Å². The van der Waals surface area contributed by atoms with Crippen molar-refractivity contribution in [2.75, 3.05) is 18.9 Å². The van der Waals surface area contributed by atoms with Crippen LogP contribution in [0.1, 0.15) is 26.0 Å². The number of aromatic nitrogens is 3. The Morgan fingerprint density at radius 2 is 2.19 bits per heavy atom. The fourth-order valence-corrected chi connectivity index (χ4v) is 4.29. The minimum absolute atomic E-state index is 0.140. The summed E-state index contributed by atoms with van der Waals surface area (Å²) in [5.74, 6) is -1.30. The van der Waals surface area contributed by atoms with Gasteiger partial charge in [0.1, 0.15) is 10.8 Å². The van der Waals surface area contributed by atoms with E-state index in [4.69, 9.17) is 4.74 Å². The average Bonchev–Trinajstić information content (AvgIpc) is 3.14. The van der Waals surface area contributed by atoms with E-state index in [1.54, 1.807) is 23.3 Å². The van der Waals surface area contributed by atoms with Gasteiger partial charge in [-0.15, -0.1) is 11.3 Å². The average molecular weight is 401 g/mol. The summed E-state index contributed by atoms with van der Waals surface area (Å²) in [5.41, 5.74) is 1.27. The molecule has 0 atom stereocenters. The summed E-state index contributed by atoms with van der Waals surface area (Å²) in [4.78, 5) is 16.1. The van der Waals surface area contributed by atoms with Crippen LogP contribution in [0.25, 0.3) is 10.6 Å². The molecule has 0 spiro atoms. The van der Waals surface area contributed by atoms with E-state index in [9.17, 15) is 13.2 Å². The lowest BCUT2D eigenvalue weighted by Gasteiger charge is -2.08. The van der Waals surface area contributed by atoms with Gasteiger partial charge in [-0.3, -0.25) is 9.48 Å². The highest BCUT2D eigenvalue weighted by molar-refractivity contribution is 7.91. The van der Waals surface area contributed by atoms with Gasteiger partial charge in [0.25, 0.3) is 0 Å². The first kappa shape index (κ1) is 20.5. The van der Waals surface area contributed by atoms with E-state index in [2.05, 4.69) is 15.4 Å². The predicted octanol–water partition coefficient (Wildman–Crippen LogP) is 1.39. The number of hydrogen-bond donors (Lipinski definition) is 1. The Bertz CT molecular complexity index is 827. The molecule has 10 heteroatoms. The Balaban J connectivity index is 1.81. The highest BCUT2D eigenvalue weighted by atomic mass is 32.2. The molecule has 26 heavy (non-hydrogen) atoms. The third-order valence-corrected chi connectivity index (χ3v) is 5.69. The molecule has 2 aromatic rings. The molecule has 2 aromatic heterocycles. The summed E-state index contributed by atoms with van der Waals surface area (Å²) >= 11 is 1.35. The fourth-order valence-electron chi connectivity index (χ4n) is 2.18. The number of sulfone groups is 1. The molecular formula is C16H24N4O4S2. The molecule has 0 aliphatic heterocycles. The summed E-state index contributed by atoms with van der Waals surface area (Å²) in [6.07, 6.45) is 4.27. The van der Waals surface area contributed by atoms with Crippen LogP contribution >= 0.6 is 11.3 Å². The SMILES string of the molecule is CC(C)OCCCNC(=O)CS(=O)(=O)Cc1csc(-c2cnn(C)c2)n1. The number of nitrogens with one attached hydrogen (secondary N) is 1. The van der Waals surface area contributed by atoms with Crippen molar-refractivity contribution in [3.05, 3.63) is 23.5 Å². The first-order chi connectivity index (χ1) is 12.2. The number of amides is 1. The number of nitrogens with zero attached hydrogens (tertiary/aromatic N) is 3. The lowest BCUT2D eigenvalue weighted by Crippen LogP contribution is -2.32. The van der Waals surface area contributed by atoms with Crippen molar-refractivity contribution >= 4 is 27.1 Å². The van der Waals surface area contributed by atoms with Gasteiger partial charge in [0, 0.05) is 37.3 Å². The monoisotopic (exact) mass is 400 g/mol. The van der Waals surface area contributed by atoms with Gasteiger partial charge in [-0.25, -0.2) is 13.4 Å². The predicted molar refractivity (Wildman–Crippen MR) is 101 cm³/mol. The van der Waals surface area contributed by atoms with Crippen LogP contribution in [0.15, 0.2) is 17.8 Å². The van der Waals surface area contributed by atoms with Gasteiger partial charge in [0.05, 0.1) is 23.7 Å². The first-order valence-electron chi connectivity index (χ1n) is 8.27. The lowest BCUT2D eigenvalue weighted by atomic mass is 10.4. The van der Waals surface area contributed by atoms with Gasteiger partial charge in [-0.1, -0.05) is 0 Å². The van der Waals surface area contributed by atoms with E-state index in [1.165, 1.54) is 11.3 Å². The minimum atomic E-state index is -3.57. The number of thiazole rings is 1. The molecule has 0 fully saturated rings. The highest BCUT2D eigenvalue weighted by Crippen LogP contribution is 2.23. The molecule has 0 aromatic carbocycles. The Hall–Kier alpha value is -1.78. The number of carbonyl (C=O) groups excluding carboxylic acids is 1. The second kappa shape index (κ2) is 9.24. The Morgan fingerprint density at radius 3 is 2.85 bits per heavy atom. The van der Waals surface area contributed by atoms with Crippen LogP contribution in [0.2, 0.25) is 0 Å². The number of rotatable bonds is 10. The topological polar surface area (TPSA) is 103 Å². The van der Waals surface area contributed by atoms with Gasteiger partial charge in [0.2, 0.25) is 5.91 Å². The summed E-state index contributed by atoms with van der Waals surface area (Å²) in [6, 6.07) is 0. The zero-order chi connectivity index (χ0) is 19.2. The maximum atomic E-state index is 12.2. The Labute approximate surface area is 157 Å². The van der Waals surface area contributed by atoms with E-state index >= 15 is 0 Å². The normalized spacial score (nSPS) is 11.8. The standard InChI is InChI=1S/C16H24N4O4S2/c1-12(2)24-6-4-5-17-15(21)11-26(22,23)10-14-9-25-16(19-14)13-7-18-20(3)8-13/h7-9,12H,4-6,10-11H2,1-3H3,(H,17,21). The molecule has 2 heterocycles. The molecule has 8 nitrogen and oxygen atoms in total. The van der Waals surface area contributed by atoms with Crippen LogP contribution in [-0.4, -0.2) is 54.1 Å². The van der Waals surface area contributed by atoms with Crippen molar-refractivity contribution in [3.63, 3.8) is 0 Å². The van der Waals surface area contributed by atoms with E-state index in [0.717, 1.165) is 5.56 Å². The molecule has 2 rings (SSSR count). The molecule has 0 aliphatic rings. The van der Waals surface area contributed by atoms with Crippen LogP contribution in [0.3, 0.4) is 0 Å². The van der Waals surface area contributed by atoms with Crippen LogP contribution < -0.4 is 5.32 Å². The van der Waals surface area contributed by atoms with Crippen LogP contribution in [0, 0.1) is 0 Å². The van der Waals surface area contributed by atoms with Crippen molar-refractivity contribution in [1.29, 1.82) is 0 Å². The molecule has 0 radical (unpaired) electrons. The summed E-state index contributed by atoms with van der Waals surface area (Å²) in [6.45, 7) is 4.79. The number of carbonyl (C=O) groups is 1. The molecule has 0 unspecified atom stereocenters. The van der Waals surface area contributed by atoms with E-state index in [0.29, 0.717) is 30.3 Å².